The van der Waals surface area contributed by atoms with Crippen LogP contribution in [0, 0.1) is 35.5 Å². The van der Waals surface area contributed by atoms with E-state index in [1.165, 1.54) is 14.2 Å². The molecule has 15 heteroatoms. The molecular weight excluding hydrogens is 765 g/mol. The van der Waals surface area contributed by atoms with E-state index < -0.39 is 24.3 Å². The van der Waals surface area contributed by atoms with Crippen molar-refractivity contribution in [1.29, 1.82) is 0 Å². The predicted molar refractivity (Wildman–Crippen MR) is 223 cm³/mol. The van der Waals surface area contributed by atoms with E-state index in [9.17, 15) is 19.2 Å². The maximum Gasteiger partial charge on any atom is 0.407 e. The predicted octanol–water partition coefficient (Wildman–Crippen LogP) is 5.87. The Hall–Kier alpha value is -6.74. The zero-order valence-corrected chi connectivity index (χ0v) is 34.8. The van der Waals surface area contributed by atoms with Gasteiger partial charge in [0, 0.05) is 18.7 Å². The number of rotatable bonds is 12. The van der Waals surface area contributed by atoms with Gasteiger partial charge in [-0.2, -0.15) is 0 Å². The molecule has 60 heavy (non-hydrogen) atoms. The monoisotopic (exact) mass is 816 g/mol. The first-order chi connectivity index (χ1) is 29.0. The Bertz CT molecular complexity index is 2280. The molecule has 4 aromatic rings. The van der Waals surface area contributed by atoms with E-state index in [1.807, 2.05) is 76.2 Å². The number of methoxy groups -OCH3 is 2. The van der Waals surface area contributed by atoms with Crippen molar-refractivity contribution < 1.29 is 33.4 Å². The summed E-state index contributed by atoms with van der Waals surface area (Å²) in [4.78, 5) is 70.6. The number of alkyl carbamates (subject to hydrolysis) is 2. The standard InChI is InChI=1S/C45H52N8O7/c1-28(2)38(50-44(56)58-5)42(54)52-22-12-18-35(52)40-46-25-33(48-40)17-11-10-16-31-20-21-32(24-37(31)60-27-30-14-8-7-9-15-30)34-26-47-41(49-34)36-19-13-23-53(36)43(55)39(29(3)4)51-45(57)59-6/h7-9,14-15,20-21,24-26,28-29,35-36,38-39H,12-13,18-19,22-23,27H2,1-6H3,(H,46,48)(H,47,49)(H,50,56)(H,51,57)/t35-,36-,38-,39-/m0/s1. The first kappa shape index (κ1) is 42.9. The van der Waals surface area contributed by atoms with Crippen LogP contribution >= 0.6 is 0 Å². The summed E-state index contributed by atoms with van der Waals surface area (Å²) >= 11 is 0. The highest BCUT2D eigenvalue weighted by Gasteiger charge is 2.39. The van der Waals surface area contributed by atoms with E-state index in [-0.39, 0.29) is 35.7 Å². The number of aromatic amines is 2. The number of hydrogen-bond donors (Lipinski definition) is 4. The molecule has 0 saturated carbocycles. The average Bonchev–Trinajstić information content (AvgIpc) is 4.10. The molecule has 4 atom stereocenters. The molecule has 0 spiro atoms. The maximum absolute atomic E-state index is 13.7. The molecule has 314 valence electrons. The number of ether oxygens (including phenoxy) is 3. The van der Waals surface area contributed by atoms with Crippen LogP contribution in [0.25, 0.3) is 11.3 Å². The van der Waals surface area contributed by atoms with Crippen molar-refractivity contribution in [3.63, 3.8) is 0 Å². The van der Waals surface area contributed by atoms with Gasteiger partial charge in [-0.3, -0.25) is 9.59 Å². The van der Waals surface area contributed by atoms with Crippen molar-refractivity contribution in [3.8, 4) is 40.7 Å². The molecule has 6 rings (SSSR count). The van der Waals surface area contributed by atoms with Crippen molar-refractivity contribution in [1.82, 2.24) is 40.4 Å². The summed E-state index contributed by atoms with van der Waals surface area (Å²) in [6.45, 7) is 8.95. The molecule has 2 aliphatic heterocycles. The van der Waals surface area contributed by atoms with Crippen LogP contribution in [-0.2, 0) is 25.7 Å². The van der Waals surface area contributed by atoms with Crippen LogP contribution in [0.4, 0.5) is 9.59 Å². The Morgan fingerprint density at radius 1 is 0.767 bits per heavy atom. The van der Waals surface area contributed by atoms with Crippen molar-refractivity contribution in [2.75, 3.05) is 27.3 Å². The number of nitrogens with zero attached hydrogens (tertiary/aromatic N) is 4. The fourth-order valence-electron chi connectivity index (χ4n) is 7.45. The molecule has 2 aromatic heterocycles. The fourth-order valence-corrected chi connectivity index (χ4v) is 7.45. The molecule has 4 heterocycles. The first-order valence-electron chi connectivity index (χ1n) is 20.2. The quantitative estimate of drug-likeness (QED) is 0.127. The highest BCUT2D eigenvalue weighted by atomic mass is 16.5. The smallest absolute Gasteiger partial charge is 0.407 e. The number of hydrogen-bond acceptors (Lipinski definition) is 9. The van der Waals surface area contributed by atoms with Gasteiger partial charge in [0.05, 0.1) is 50.0 Å². The fraction of sp³-hybridized carbons (Fsp3) is 0.422. The molecule has 0 unspecified atom stereocenters. The van der Waals surface area contributed by atoms with Gasteiger partial charge in [0.1, 0.15) is 41.8 Å². The van der Waals surface area contributed by atoms with Crippen molar-refractivity contribution in [2.45, 2.75) is 84.2 Å². The molecule has 0 radical (unpaired) electrons. The summed E-state index contributed by atoms with van der Waals surface area (Å²) in [7, 11) is 2.55. The molecule has 2 fully saturated rings. The number of benzene rings is 2. The minimum absolute atomic E-state index is 0.136. The van der Waals surface area contributed by atoms with Crippen LogP contribution in [0.2, 0.25) is 0 Å². The molecule has 0 aliphatic carbocycles. The third-order valence-corrected chi connectivity index (χ3v) is 10.7. The largest absolute Gasteiger partial charge is 0.488 e. The molecule has 2 aliphatic rings. The molecule has 2 aromatic carbocycles. The first-order valence-corrected chi connectivity index (χ1v) is 20.2. The minimum Gasteiger partial charge on any atom is -0.488 e. The van der Waals surface area contributed by atoms with Crippen LogP contribution in [0.15, 0.2) is 60.9 Å². The van der Waals surface area contributed by atoms with E-state index in [0.717, 1.165) is 42.5 Å². The molecule has 4 N–H and O–H groups in total. The Morgan fingerprint density at radius 3 is 1.92 bits per heavy atom. The molecule has 2 saturated heterocycles. The number of carbonyl (C=O) groups excluding carboxylic acids is 4. The summed E-state index contributed by atoms with van der Waals surface area (Å²) in [5.74, 6) is 13.2. The Balaban J connectivity index is 1.19. The molecular formula is C45H52N8O7. The summed E-state index contributed by atoms with van der Waals surface area (Å²) in [5.41, 5.74) is 3.76. The summed E-state index contributed by atoms with van der Waals surface area (Å²) in [6, 6.07) is 13.5. The topological polar surface area (TPSA) is 184 Å². The number of imidazole rings is 2. The number of amides is 4. The zero-order valence-electron chi connectivity index (χ0n) is 34.8. The van der Waals surface area contributed by atoms with Gasteiger partial charge in [-0.1, -0.05) is 64.1 Å². The van der Waals surface area contributed by atoms with Crippen molar-refractivity contribution in [3.05, 3.63) is 89.4 Å². The van der Waals surface area contributed by atoms with Gasteiger partial charge >= 0.3 is 12.2 Å². The Kier molecular flexibility index (Phi) is 14.1. The lowest BCUT2D eigenvalue weighted by atomic mass is 10.0. The molecule has 0 bridgehead atoms. The molecule has 15 nitrogen and oxygen atoms in total. The van der Waals surface area contributed by atoms with Gasteiger partial charge in [0.2, 0.25) is 11.8 Å². The van der Waals surface area contributed by atoms with Crippen LogP contribution in [0.3, 0.4) is 0 Å². The van der Waals surface area contributed by atoms with Gasteiger partial charge in [-0.15, -0.1) is 0 Å². The highest BCUT2D eigenvalue weighted by Crippen LogP contribution is 2.34. The normalized spacial score (nSPS) is 16.9. The van der Waals surface area contributed by atoms with Gasteiger partial charge in [0.15, 0.2) is 0 Å². The van der Waals surface area contributed by atoms with Gasteiger partial charge in [-0.25, -0.2) is 19.6 Å². The second-order valence-electron chi connectivity index (χ2n) is 15.4. The van der Waals surface area contributed by atoms with Crippen molar-refractivity contribution >= 4 is 24.0 Å². The van der Waals surface area contributed by atoms with Crippen LogP contribution in [-0.4, -0.2) is 93.1 Å². The van der Waals surface area contributed by atoms with Gasteiger partial charge < -0.3 is 44.6 Å². The molecule has 4 amide bonds. The number of nitrogens with one attached hydrogen (secondary N) is 4. The van der Waals surface area contributed by atoms with Crippen molar-refractivity contribution in [2.24, 2.45) is 11.8 Å². The lowest BCUT2D eigenvalue weighted by Gasteiger charge is -2.30. The second kappa shape index (κ2) is 19.8. The Morgan fingerprint density at radius 2 is 1.33 bits per heavy atom. The third kappa shape index (κ3) is 10.3. The highest BCUT2D eigenvalue weighted by molar-refractivity contribution is 5.87. The zero-order chi connectivity index (χ0) is 42.8. The lowest BCUT2D eigenvalue weighted by Crippen LogP contribution is -2.51. The lowest BCUT2D eigenvalue weighted by molar-refractivity contribution is -0.136. The maximum atomic E-state index is 13.7. The van der Waals surface area contributed by atoms with E-state index in [1.54, 1.807) is 22.2 Å². The van der Waals surface area contributed by atoms with Crippen LogP contribution < -0.4 is 15.4 Å². The second-order valence-corrected chi connectivity index (χ2v) is 15.4. The summed E-state index contributed by atoms with van der Waals surface area (Å²) in [5, 5.41) is 5.36. The summed E-state index contributed by atoms with van der Waals surface area (Å²) in [6.07, 6.45) is 5.15. The van der Waals surface area contributed by atoms with Gasteiger partial charge in [0.25, 0.3) is 0 Å². The van der Waals surface area contributed by atoms with Crippen LogP contribution in [0.1, 0.15) is 93.9 Å². The number of aromatic nitrogens is 4. The Labute approximate surface area is 350 Å². The average molecular weight is 817 g/mol. The van der Waals surface area contributed by atoms with Gasteiger partial charge in [-0.05, 0) is 78.9 Å². The van der Waals surface area contributed by atoms with E-state index in [2.05, 4.69) is 49.3 Å². The van der Waals surface area contributed by atoms with E-state index >= 15 is 0 Å². The number of H-pyrrole nitrogens is 2. The SMILES string of the molecule is COC(=O)N[C@H](C(=O)N1CCC[C@H]1c1ncc(C#CC#Cc2ccc(-c3cnc([C@@H]4CCCN4C(=O)[C@@H](NC(=O)OC)C(C)C)[nH]3)cc2OCc2ccccc2)[nH]1)C(C)C. The number of carbonyl (C=O) groups is 4. The third-order valence-electron chi connectivity index (χ3n) is 10.7. The number of likely N-dealkylation sites (tertiary alicyclic amines) is 2. The van der Waals surface area contributed by atoms with E-state index in [4.69, 9.17) is 19.2 Å². The van der Waals surface area contributed by atoms with Crippen LogP contribution in [0.5, 0.6) is 5.75 Å². The minimum atomic E-state index is -0.728. The van der Waals surface area contributed by atoms with E-state index in [0.29, 0.717) is 48.4 Å². The summed E-state index contributed by atoms with van der Waals surface area (Å²) < 4.78 is 15.8.